The monoisotopic (exact) mass is 240 g/mol. The molecule has 0 bridgehead atoms. The normalized spacial score (nSPS) is 10.2. The minimum atomic E-state index is 0.0415. The molecule has 0 amide bonds. The first kappa shape index (κ1) is 12.3. The summed E-state index contributed by atoms with van der Waals surface area (Å²) in [6.07, 6.45) is 0. The number of hydrogen-bond donors (Lipinski definition) is 2. The molecule has 92 valence electrons. The molecule has 18 heavy (non-hydrogen) atoms. The highest BCUT2D eigenvalue weighted by Gasteiger charge is 2.13. The van der Waals surface area contributed by atoms with Crippen LogP contribution in [0.3, 0.4) is 0 Å². The number of nitrogen functional groups attached to an aromatic ring is 1. The van der Waals surface area contributed by atoms with Crippen LogP contribution in [-0.2, 0) is 0 Å². The molecule has 0 unspecified atom stereocenters. The van der Waals surface area contributed by atoms with E-state index in [0.29, 0.717) is 5.56 Å². The van der Waals surface area contributed by atoms with Gasteiger partial charge in [-0.15, -0.1) is 0 Å². The van der Waals surface area contributed by atoms with Gasteiger partial charge in [-0.25, -0.2) is 0 Å². The maximum Gasteiger partial charge on any atom is 0.193 e. The largest absolute Gasteiger partial charge is 0.324 e. The van der Waals surface area contributed by atoms with Gasteiger partial charge in [0.25, 0.3) is 0 Å². The molecule has 0 spiro atoms. The molecule has 3 nitrogen and oxygen atoms in total. The van der Waals surface area contributed by atoms with Gasteiger partial charge in [-0.05, 0) is 37.1 Å². The first-order chi connectivity index (χ1) is 8.63. The predicted octanol–water partition coefficient (Wildman–Crippen LogP) is 2.82. The maximum absolute atomic E-state index is 12.4. The summed E-state index contributed by atoms with van der Waals surface area (Å²) >= 11 is 0. The minimum Gasteiger partial charge on any atom is -0.324 e. The molecule has 3 heteroatoms. The number of hydrogen-bond acceptors (Lipinski definition) is 3. The molecule has 2 aromatic rings. The summed E-state index contributed by atoms with van der Waals surface area (Å²) in [7, 11) is 0. The van der Waals surface area contributed by atoms with E-state index in [1.165, 1.54) is 0 Å². The third kappa shape index (κ3) is 2.26. The van der Waals surface area contributed by atoms with E-state index >= 15 is 0 Å². The van der Waals surface area contributed by atoms with Gasteiger partial charge >= 0.3 is 0 Å². The summed E-state index contributed by atoms with van der Waals surface area (Å²) in [5.41, 5.74) is 6.78. The van der Waals surface area contributed by atoms with Crippen LogP contribution in [0.2, 0.25) is 0 Å². The molecule has 0 radical (unpaired) electrons. The van der Waals surface area contributed by atoms with Gasteiger partial charge < -0.3 is 5.43 Å². The van der Waals surface area contributed by atoms with Gasteiger partial charge in [0, 0.05) is 11.1 Å². The number of nitrogens with one attached hydrogen (secondary N) is 1. The van der Waals surface area contributed by atoms with E-state index in [-0.39, 0.29) is 5.78 Å². The average molecular weight is 240 g/mol. The summed E-state index contributed by atoms with van der Waals surface area (Å²) in [6, 6.07) is 13.1. The highest BCUT2D eigenvalue weighted by Crippen LogP contribution is 2.22. The van der Waals surface area contributed by atoms with Crippen LogP contribution in [0.1, 0.15) is 27.0 Å². The van der Waals surface area contributed by atoms with Gasteiger partial charge in [0.1, 0.15) is 0 Å². The molecule has 0 heterocycles. The van der Waals surface area contributed by atoms with Crippen LogP contribution in [-0.4, -0.2) is 5.78 Å². The van der Waals surface area contributed by atoms with Crippen molar-refractivity contribution < 1.29 is 4.79 Å². The van der Waals surface area contributed by atoms with Crippen LogP contribution in [0.4, 0.5) is 5.69 Å². The van der Waals surface area contributed by atoms with Gasteiger partial charge in [0.2, 0.25) is 0 Å². The van der Waals surface area contributed by atoms with E-state index in [4.69, 9.17) is 5.84 Å². The van der Waals surface area contributed by atoms with Crippen molar-refractivity contribution in [3.8, 4) is 0 Å². The molecule has 0 fully saturated rings. The van der Waals surface area contributed by atoms with Crippen molar-refractivity contribution in [3.63, 3.8) is 0 Å². The van der Waals surface area contributed by atoms with E-state index in [9.17, 15) is 4.79 Å². The van der Waals surface area contributed by atoms with E-state index in [2.05, 4.69) is 5.43 Å². The van der Waals surface area contributed by atoms with E-state index < -0.39 is 0 Å². The van der Waals surface area contributed by atoms with Crippen molar-refractivity contribution in [2.75, 3.05) is 5.43 Å². The Morgan fingerprint density at radius 2 is 1.72 bits per heavy atom. The zero-order valence-corrected chi connectivity index (χ0v) is 10.5. The lowest BCUT2D eigenvalue weighted by molar-refractivity contribution is 0.103. The fraction of sp³-hybridized carbons (Fsp3) is 0.133. The van der Waals surface area contributed by atoms with Crippen LogP contribution >= 0.6 is 0 Å². The van der Waals surface area contributed by atoms with Gasteiger partial charge in [-0.1, -0.05) is 30.3 Å². The van der Waals surface area contributed by atoms with Crippen LogP contribution in [0.15, 0.2) is 42.5 Å². The Kier molecular flexibility index (Phi) is 3.44. The topological polar surface area (TPSA) is 55.1 Å². The lowest BCUT2D eigenvalue weighted by atomic mass is 9.96. The standard InChI is InChI=1S/C15H16N2O/c1-10-9-14(17-16)11(2)8-13(10)15(18)12-6-4-3-5-7-12/h3-9,17H,16H2,1-2H3. The van der Waals surface area contributed by atoms with Gasteiger partial charge in [0.15, 0.2) is 5.78 Å². The van der Waals surface area contributed by atoms with Gasteiger partial charge in [-0.2, -0.15) is 0 Å². The van der Waals surface area contributed by atoms with Crippen LogP contribution in [0.25, 0.3) is 0 Å². The van der Waals surface area contributed by atoms with Crippen LogP contribution in [0.5, 0.6) is 0 Å². The zero-order valence-electron chi connectivity index (χ0n) is 10.5. The van der Waals surface area contributed by atoms with Crippen molar-refractivity contribution in [3.05, 3.63) is 64.7 Å². The maximum atomic E-state index is 12.4. The summed E-state index contributed by atoms with van der Waals surface area (Å²) in [6.45, 7) is 3.84. The fourth-order valence-corrected chi connectivity index (χ4v) is 1.96. The Balaban J connectivity index is 2.46. The smallest absolute Gasteiger partial charge is 0.193 e. The lowest BCUT2D eigenvalue weighted by Gasteiger charge is -2.11. The summed E-state index contributed by atoms with van der Waals surface area (Å²) in [5, 5.41) is 0. The molecule has 0 atom stereocenters. The highest BCUT2D eigenvalue weighted by molar-refractivity contribution is 6.10. The summed E-state index contributed by atoms with van der Waals surface area (Å²) in [4.78, 5) is 12.4. The number of ketones is 1. The van der Waals surface area contributed by atoms with Crippen molar-refractivity contribution in [1.82, 2.24) is 0 Å². The van der Waals surface area contributed by atoms with Crippen molar-refractivity contribution in [2.24, 2.45) is 5.84 Å². The molecule has 0 saturated heterocycles. The number of carbonyl (C=O) groups is 1. The Morgan fingerprint density at radius 3 is 2.33 bits per heavy atom. The van der Waals surface area contributed by atoms with E-state index in [1.807, 2.05) is 56.3 Å². The number of rotatable bonds is 3. The second kappa shape index (κ2) is 5.02. The molecule has 0 aliphatic rings. The predicted molar refractivity (Wildman–Crippen MR) is 73.6 cm³/mol. The Morgan fingerprint density at radius 1 is 1.06 bits per heavy atom. The zero-order chi connectivity index (χ0) is 13.1. The quantitative estimate of drug-likeness (QED) is 0.493. The fourth-order valence-electron chi connectivity index (χ4n) is 1.96. The van der Waals surface area contributed by atoms with Crippen LogP contribution < -0.4 is 11.3 Å². The minimum absolute atomic E-state index is 0.0415. The number of aryl methyl sites for hydroxylation is 2. The summed E-state index contributed by atoms with van der Waals surface area (Å²) in [5.74, 6) is 5.46. The Bertz CT molecular complexity index is 577. The molecule has 0 aliphatic heterocycles. The van der Waals surface area contributed by atoms with Gasteiger partial charge in [0.05, 0.1) is 5.69 Å². The number of hydrazine groups is 1. The number of carbonyl (C=O) groups excluding carboxylic acids is 1. The van der Waals surface area contributed by atoms with Crippen molar-refractivity contribution in [2.45, 2.75) is 13.8 Å². The third-order valence-electron chi connectivity index (χ3n) is 3.01. The van der Waals surface area contributed by atoms with E-state index in [1.54, 1.807) is 0 Å². The Labute approximate surface area is 107 Å². The average Bonchev–Trinajstić information content (AvgIpc) is 2.41. The second-order valence-corrected chi connectivity index (χ2v) is 4.32. The van der Waals surface area contributed by atoms with Gasteiger partial charge in [-0.3, -0.25) is 10.6 Å². The third-order valence-corrected chi connectivity index (χ3v) is 3.01. The Hall–Kier alpha value is -2.13. The molecular formula is C15H16N2O. The first-order valence-corrected chi connectivity index (χ1v) is 5.81. The number of anilines is 1. The van der Waals surface area contributed by atoms with Crippen molar-refractivity contribution >= 4 is 11.5 Å². The molecule has 2 aromatic carbocycles. The molecular weight excluding hydrogens is 224 g/mol. The number of benzene rings is 2. The molecule has 0 aromatic heterocycles. The molecule has 3 N–H and O–H groups in total. The first-order valence-electron chi connectivity index (χ1n) is 5.81. The second-order valence-electron chi connectivity index (χ2n) is 4.32. The highest BCUT2D eigenvalue weighted by atomic mass is 16.1. The lowest BCUT2D eigenvalue weighted by Crippen LogP contribution is -2.10. The van der Waals surface area contributed by atoms with Crippen LogP contribution in [0, 0.1) is 13.8 Å². The summed E-state index contributed by atoms with van der Waals surface area (Å²) < 4.78 is 0. The molecule has 0 saturated carbocycles. The molecule has 0 aliphatic carbocycles. The van der Waals surface area contributed by atoms with E-state index in [0.717, 1.165) is 22.4 Å². The molecule has 2 rings (SSSR count). The number of nitrogens with two attached hydrogens (primary N) is 1. The SMILES string of the molecule is Cc1cc(C(=O)c2ccccc2)c(C)cc1NN. The van der Waals surface area contributed by atoms with Crippen molar-refractivity contribution in [1.29, 1.82) is 0 Å².